The molecule has 1 aromatic heterocycles. The van der Waals surface area contributed by atoms with E-state index in [0.717, 1.165) is 13.1 Å². The molecule has 0 spiro atoms. The maximum absolute atomic E-state index is 3.68. The molecule has 0 bridgehead atoms. The van der Waals surface area contributed by atoms with Crippen LogP contribution in [0.25, 0.3) is 0 Å². The van der Waals surface area contributed by atoms with Crippen molar-refractivity contribution in [1.82, 2.24) is 9.88 Å². The molecule has 1 N–H and O–H groups in total. The van der Waals surface area contributed by atoms with Crippen molar-refractivity contribution in [2.45, 2.75) is 65.6 Å². The maximum atomic E-state index is 3.68. The van der Waals surface area contributed by atoms with Gasteiger partial charge in [-0.25, -0.2) is 0 Å². The second-order valence-corrected chi connectivity index (χ2v) is 4.81. The van der Waals surface area contributed by atoms with E-state index in [4.69, 9.17) is 0 Å². The van der Waals surface area contributed by atoms with Crippen molar-refractivity contribution < 1.29 is 0 Å². The van der Waals surface area contributed by atoms with Gasteiger partial charge in [-0.1, -0.05) is 20.8 Å². The van der Waals surface area contributed by atoms with Gasteiger partial charge in [-0.3, -0.25) is 0 Å². The van der Waals surface area contributed by atoms with E-state index in [1.165, 1.54) is 25.0 Å². The molecular weight excluding hydrogens is 196 g/mol. The molecule has 0 saturated carbocycles. The molecule has 2 nitrogen and oxygen atoms in total. The number of nitrogens with zero attached hydrogens (tertiary/aromatic N) is 1. The zero-order valence-corrected chi connectivity index (χ0v) is 11.2. The van der Waals surface area contributed by atoms with Crippen molar-refractivity contribution >= 4 is 0 Å². The van der Waals surface area contributed by atoms with Crippen molar-refractivity contribution in [3.8, 4) is 0 Å². The van der Waals surface area contributed by atoms with Gasteiger partial charge in [0, 0.05) is 30.5 Å². The molecule has 1 heterocycles. The van der Waals surface area contributed by atoms with Crippen molar-refractivity contribution in [1.29, 1.82) is 0 Å². The minimum Gasteiger partial charge on any atom is -0.350 e. The van der Waals surface area contributed by atoms with Gasteiger partial charge in [0.1, 0.15) is 0 Å². The highest BCUT2D eigenvalue weighted by Gasteiger charge is 2.18. The summed E-state index contributed by atoms with van der Waals surface area (Å²) < 4.78 is 2.35. The third-order valence-corrected chi connectivity index (χ3v) is 3.64. The van der Waals surface area contributed by atoms with Crippen LogP contribution in [0.15, 0.2) is 18.3 Å². The van der Waals surface area contributed by atoms with Crippen molar-refractivity contribution in [2.24, 2.45) is 0 Å². The number of hydrogen-bond donors (Lipinski definition) is 1. The van der Waals surface area contributed by atoms with Gasteiger partial charge in [-0.05, 0) is 38.3 Å². The summed E-state index contributed by atoms with van der Waals surface area (Å²) in [6.45, 7) is 11.1. The fourth-order valence-corrected chi connectivity index (χ4v) is 1.87. The summed E-state index contributed by atoms with van der Waals surface area (Å²) in [6, 6.07) is 4.36. The number of hydrogen-bond acceptors (Lipinski definition) is 1. The second-order valence-electron chi connectivity index (χ2n) is 4.81. The zero-order chi connectivity index (χ0) is 12.0. The molecular formula is C14H26N2. The van der Waals surface area contributed by atoms with Crippen molar-refractivity contribution in [3.05, 3.63) is 24.0 Å². The molecule has 0 amide bonds. The van der Waals surface area contributed by atoms with E-state index < -0.39 is 0 Å². The van der Waals surface area contributed by atoms with Gasteiger partial charge in [0.05, 0.1) is 0 Å². The van der Waals surface area contributed by atoms with E-state index in [9.17, 15) is 0 Å². The van der Waals surface area contributed by atoms with Crippen LogP contribution in [0.2, 0.25) is 0 Å². The van der Waals surface area contributed by atoms with Gasteiger partial charge >= 0.3 is 0 Å². The highest BCUT2D eigenvalue weighted by atomic mass is 15.0. The van der Waals surface area contributed by atoms with E-state index in [2.05, 4.69) is 55.9 Å². The van der Waals surface area contributed by atoms with E-state index in [-0.39, 0.29) is 5.54 Å². The van der Waals surface area contributed by atoms with Gasteiger partial charge in [0.25, 0.3) is 0 Å². The molecule has 0 fully saturated rings. The Hall–Kier alpha value is -0.760. The lowest BCUT2D eigenvalue weighted by Gasteiger charge is -2.28. The first-order chi connectivity index (χ1) is 7.65. The molecule has 0 unspecified atom stereocenters. The summed E-state index contributed by atoms with van der Waals surface area (Å²) in [5.41, 5.74) is 1.68. The predicted molar refractivity (Wildman–Crippen MR) is 70.5 cm³/mol. The summed E-state index contributed by atoms with van der Waals surface area (Å²) in [7, 11) is 0. The number of aryl methyl sites for hydroxylation is 1. The highest BCUT2D eigenvalue weighted by molar-refractivity contribution is 5.07. The zero-order valence-electron chi connectivity index (χ0n) is 11.2. The maximum Gasteiger partial charge on any atom is 0.0364 e. The average molecular weight is 222 g/mol. The number of nitrogens with one attached hydrogen (secondary N) is 1. The quantitative estimate of drug-likeness (QED) is 0.746. The summed E-state index contributed by atoms with van der Waals surface area (Å²) in [6.07, 6.45) is 5.73. The van der Waals surface area contributed by atoms with E-state index in [1.807, 2.05) is 0 Å². The standard InChI is InChI=1S/C14H26N2/c1-5-10-16-11-8-9-13(16)12-15-14(4,6-2)7-3/h8-9,11,15H,5-7,10,12H2,1-4H3. The van der Waals surface area contributed by atoms with Gasteiger partial charge in [-0.15, -0.1) is 0 Å². The first-order valence-electron chi connectivity index (χ1n) is 6.54. The number of rotatable bonds is 7. The van der Waals surface area contributed by atoms with Gasteiger partial charge in [0.2, 0.25) is 0 Å². The molecule has 0 aliphatic rings. The lowest BCUT2D eigenvalue weighted by Crippen LogP contribution is -2.40. The van der Waals surface area contributed by atoms with Gasteiger partial charge < -0.3 is 9.88 Å². The molecule has 0 saturated heterocycles. The predicted octanol–water partition coefficient (Wildman–Crippen LogP) is 3.57. The van der Waals surface area contributed by atoms with Crippen LogP contribution in [0.1, 0.15) is 52.7 Å². The minimum absolute atomic E-state index is 0.279. The van der Waals surface area contributed by atoms with Crippen LogP contribution in [-0.2, 0) is 13.1 Å². The van der Waals surface area contributed by atoms with Crippen LogP contribution in [0, 0.1) is 0 Å². The molecule has 16 heavy (non-hydrogen) atoms. The smallest absolute Gasteiger partial charge is 0.0364 e. The Labute approximate surface area is 100 Å². The fourth-order valence-electron chi connectivity index (χ4n) is 1.87. The Bertz CT molecular complexity index is 297. The average Bonchev–Trinajstić information content (AvgIpc) is 2.74. The molecule has 0 atom stereocenters. The largest absolute Gasteiger partial charge is 0.350 e. The molecule has 0 aromatic carbocycles. The van der Waals surface area contributed by atoms with Crippen LogP contribution in [0.4, 0.5) is 0 Å². The van der Waals surface area contributed by atoms with E-state index in [1.54, 1.807) is 0 Å². The number of aromatic nitrogens is 1. The molecule has 0 radical (unpaired) electrons. The molecule has 92 valence electrons. The monoisotopic (exact) mass is 222 g/mol. The lowest BCUT2D eigenvalue weighted by atomic mass is 9.95. The molecule has 1 rings (SSSR count). The van der Waals surface area contributed by atoms with Crippen LogP contribution >= 0.6 is 0 Å². The molecule has 2 heteroatoms. The topological polar surface area (TPSA) is 17.0 Å². The Morgan fingerprint density at radius 2 is 1.94 bits per heavy atom. The summed E-state index contributed by atoms with van der Waals surface area (Å²) in [4.78, 5) is 0. The Kier molecular flexibility index (Phi) is 5.07. The normalized spacial score (nSPS) is 12.0. The Morgan fingerprint density at radius 1 is 1.25 bits per heavy atom. The minimum atomic E-state index is 0.279. The van der Waals surface area contributed by atoms with Crippen LogP contribution in [0.3, 0.4) is 0 Å². The third kappa shape index (κ3) is 3.38. The molecule has 0 aliphatic heterocycles. The summed E-state index contributed by atoms with van der Waals surface area (Å²) in [5, 5.41) is 3.68. The van der Waals surface area contributed by atoms with Crippen LogP contribution in [0.5, 0.6) is 0 Å². The second kappa shape index (κ2) is 6.09. The molecule has 0 aliphatic carbocycles. The van der Waals surface area contributed by atoms with Crippen molar-refractivity contribution in [3.63, 3.8) is 0 Å². The Balaban J connectivity index is 2.56. The van der Waals surface area contributed by atoms with Crippen LogP contribution < -0.4 is 5.32 Å². The SMILES string of the molecule is CCCn1cccc1CNC(C)(CC)CC. The van der Waals surface area contributed by atoms with Crippen molar-refractivity contribution in [2.75, 3.05) is 0 Å². The highest BCUT2D eigenvalue weighted by Crippen LogP contribution is 2.15. The molecule has 1 aromatic rings. The van der Waals surface area contributed by atoms with E-state index >= 15 is 0 Å². The summed E-state index contributed by atoms with van der Waals surface area (Å²) >= 11 is 0. The first kappa shape index (κ1) is 13.3. The van der Waals surface area contributed by atoms with Gasteiger partial charge in [-0.2, -0.15) is 0 Å². The fraction of sp³-hybridized carbons (Fsp3) is 0.714. The van der Waals surface area contributed by atoms with E-state index in [0.29, 0.717) is 0 Å². The summed E-state index contributed by atoms with van der Waals surface area (Å²) in [5.74, 6) is 0. The van der Waals surface area contributed by atoms with Gasteiger partial charge in [0.15, 0.2) is 0 Å². The van der Waals surface area contributed by atoms with Crippen LogP contribution in [-0.4, -0.2) is 10.1 Å². The third-order valence-electron chi connectivity index (χ3n) is 3.64. The first-order valence-corrected chi connectivity index (χ1v) is 6.54. The lowest BCUT2D eigenvalue weighted by molar-refractivity contribution is 0.325. The Morgan fingerprint density at radius 3 is 2.50 bits per heavy atom.